The number of amides is 1. The first-order valence-corrected chi connectivity index (χ1v) is 6.41. The van der Waals surface area contributed by atoms with Crippen LogP contribution < -0.4 is 10.6 Å². The summed E-state index contributed by atoms with van der Waals surface area (Å²) in [6, 6.07) is 1.94. The van der Waals surface area contributed by atoms with Crippen LogP contribution in [0.15, 0.2) is 10.7 Å². The van der Waals surface area contributed by atoms with Gasteiger partial charge < -0.3 is 10.6 Å². The van der Waals surface area contributed by atoms with Gasteiger partial charge >= 0.3 is 0 Å². The zero-order chi connectivity index (χ0) is 12.4. The molecular formula is C11H15BrN4O. The van der Waals surface area contributed by atoms with E-state index in [0.29, 0.717) is 13.0 Å². The summed E-state index contributed by atoms with van der Waals surface area (Å²) in [7, 11) is 0. The number of nitrogens with zero attached hydrogens (tertiary/aromatic N) is 2. The maximum atomic E-state index is 11.1. The Kier molecular flexibility index (Phi) is 3.61. The average molecular weight is 299 g/mol. The normalized spacial score (nSPS) is 19.5. The molecule has 92 valence electrons. The Labute approximate surface area is 109 Å². The Bertz CT molecular complexity index is 435. The smallest absolute Gasteiger partial charge is 0.222 e. The standard InChI is InChI=1S/C11H15BrN4O/c1-6(2)11-15-8(12)4-9(16-11)14-7-3-10(17)13-5-7/h4,6-7H,3,5H2,1-2H3,(H,13,17)(H,14,15,16). The fraction of sp³-hybridized carbons (Fsp3) is 0.545. The molecule has 2 heterocycles. The minimum atomic E-state index is 0.0831. The second-order valence-electron chi connectivity index (χ2n) is 4.44. The molecule has 1 saturated heterocycles. The van der Waals surface area contributed by atoms with Gasteiger partial charge in [0, 0.05) is 24.9 Å². The van der Waals surface area contributed by atoms with E-state index in [0.717, 1.165) is 16.2 Å². The summed E-state index contributed by atoms with van der Waals surface area (Å²) in [6.45, 7) is 4.75. The van der Waals surface area contributed by atoms with Gasteiger partial charge in [-0.25, -0.2) is 9.97 Å². The molecule has 0 radical (unpaired) electrons. The molecule has 0 aromatic carbocycles. The van der Waals surface area contributed by atoms with Crippen molar-refractivity contribution in [2.45, 2.75) is 32.2 Å². The monoisotopic (exact) mass is 298 g/mol. The molecule has 1 aromatic heterocycles. The minimum Gasteiger partial charge on any atom is -0.365 e. The molecule has 0 spiro atoms. The van der Waals surface area contributed by atoms with Crippen LogP contribution in [0.2, 0.25) is 0 Å². The molecule has 6 heteroatoms. The quantitative estimate of drug-likeness (QED) is 0.833. The van der Waals surface area contributed by atoms with Crippen molar-refractivity contribution >= 4 is 27.7 Å². The van der Waals surface area contributed by atoms with E-state index in [2.05, 4.69) is 36.5 Å². The molecule has 1 aliphatic rings. The molecule has 1 amide bonds. The van der Waals surface area contributed by atoms with Crippen LogP contribution in [-0.2, 0) is 4.79 Å². The summed E-state index contributed by atoms with van der Waals surface area (Å²) in [6.07, 6.45) is 0.499. The SMILES string of the molecule is CC(C)c1nc(Br)cc(NC2CNC(=O)C2)n1. The van der Waals surface area contributed by atoms with E-state index < -0.39 is 0 Å². The number of rotatable bonds is 3. The number of hydrogen-bond acceptors (Lipinski definition) is 4. The van der Waals surface area contributed by atoms with Gasteiger partial charge in [-0.1, -0.05) is 13.8 Å². The van der Waals surface area contributed by atoms with E-state index in [4.69, 9.17) is 0 Å². The van der Waals surface area contributed by atoms with Crippen molar-refractivity contribution in [3.05, 3.63) is 16.5 Å². The van der Waals surface area contributed by atoms with Crippen LogP contribution in [0.3, 0.4) is 0 Å². The summed E-state index contributed by atoms with van der Waals surface area (Å²) in [5.41, 5.74) is 0. The highest BCUT2D eigenvalue weighted by Gasteiger charge is 2.21. The zero-order valence-electron chi connectivity index (χ0n) is 9.83. The van der Waals surface area contributed by atoms with Crippen molar-refractivity contribution in [1.29, 1.82) is 0 Å². The third-order valence-corrected chi connectivity index (χ3v) is 2.96. The molecule has 2 rings (SSSR count). The van der Waals surface area contributed by atoms with E-state index in [9.17, 15) is 4.79 Å². The number of anilines is 1. The molecule has 2 N–H and O–H groups in total. The molecule has 1 atom stereocenters. The van der Waals surface area contributed by atoms with E-state index in [-0.39, 0.29) is 17.9 Å². The summed E-state index contributed by atoms with van der Waals surface area (Å²) in [5.74, 6) is 1.91. The molecular weight excluding hydrogens is 284 g/mol. The van der Waals surface area contributed by atoms with Gasteiger partial charge in [-0.15, -0.1) is 0 Å². The molecule has 0 aliphatic carbocycles. The minimum absolute atomic E-state index is 0.0831. The highest BCUT2D eigenvalue weighted by atomic mass is 79.9. The molecule has 1 unspecified atom stereocenters. The lowest BCUT2D eigenvalue weighted by atomic mass is 10.2. The third-order valence-electron chi connectivity index (χ3n) is 2.56. The van der Waals surface area contributed by atoms with Gasteiger partial charge in [-0.2, -0.15) is 0 Å². The Morgan fingerprint density at radius 2 is 2.29 bits per heavy atom. The van der Waals surface area contributed by atoms with E-state index in [1.807, 2.05) is 19.9 Å². The summed E-state index contributed by atoms with van der Waals surface area (Å²) < 4.78 is 0.760. The van der Waals surface area contributed by atoms with E-state index in [1.54, 1.807) is 0 Å². The topological polar surface area (TPSA) is 66.9 Å². The first-order valence-electron chi connectivity index (χ1n) is 5.62. The predicted molar refractivity (Wildman–Crippen MR) is 68.9 cm³/mol. The van der Waals surface area contributed by atoms with Crippen molar-refractivity contribution in [1.82, 2.24) is 15.3 Å². The summed E-state index contributed by atoms with van der Waals surface area (Å²) >= 11 is 3.37. The fourth-order valence-electron chi connectivity index (χ4n) is 1.68. The number of carbonyl (C=O) groups excluding carboxylic acids is 1. The van der Waals surface area contributed by atoms with Crippen molar-refractivity contribution in [2.24, 2.45) is 0 Å². The van der Waals surface area contributed by atoms with Crippen molar-refractivity contribution in [3.8, 4) is 0 Å². The van der Waals surface area contributed by atoms with E-state index >= 15 is 0 Å². The Balaban J connectivity index is 2.12. The first-order chi connectivity index (χ1) is 8.04. The van der Waals surface area contributed by atoms with Crippen LogP contribution in [0.1, 0.15) is 32.0 Å². The van der Waals surface area contributed by atoms with Crippen molar-refractivity contribution in [2.75, 3.05) is 11.9 Å². The molecule has 1 aromatic rings. The predicted octanol–water partition coefficient (Wildman–Crippen LogP) is 1.66. The third kappa shape index (κ3) is 3.15. The molecule has 0 saturated carbocycles. The van der Waals surface area contributed by atoms with Gasteiger partial charge in [-0.3, -0.25) is 4.79 Å². The second-order valence-corrected chi connectivity index (χ2v) is 5.25. The van der Waals surface area contributed by atoms with Crippen LogP contribution in [0.25, 0.3) is 0 Å². The highest BCUT2D eigenvalue weighted by Crippen LogP contribution is 2.18. The van der Waals surface area contributed by atoms with Crippen LogP contribution in [0.5, 0.6) is 0 Å². The van der Waals surface area contributed by atoms with Gasteiger partial charge in [0.15, 0.2) is 0 Å². The first kappa shape index (κ1) is 12.3. The Morgan fingerprint density at radius 1 is 1.53 bits per heavy atom. The lowest BCUT2D eigenvalue weighted by molar-refractivity contribution is -0.119. The van der Waals surface area contributed by atoms with E-state index in [1.165, 1.54) is 0 Å². The maximum absolute atomic E-state index is 11.1. The van der Waals surface area contributed by atoms with Gasteiger partial charge in [0.2, 0.25) is 5.91 Å². The number of halogens is 1. The van der Waals surface area contributed by atoms with Crippen LogP contribution >= 0.6 is 15.9 Å². The number of aromatic nitrogens is 2. The number of nitrogens with one attached hydrogen (secondary N) is 2. The molecule has 5 nitrogen and oxygen atoms in total. The molecule has 1 aliphatic heterocycles. The van der Waals surface area contributed by atoms with Crippen molar-refractivity contribution < 1.29 is 4.79 Å². The number of hydrogen-bond donors (Lipinski definition) is 2. The fourth-order valence-corrected chi connectivity index (χ4v) is 2.08. The Morgan fingerprint density at radius 3 is 2.88 bits per heavy atom. The second kappa shape index (κ2) is 5.00. The van der Waals surface area contributed by atoms with Gasteiger partial charge in [-0.05, 0) is 15.9 Å². The zero-order valence-corrected chi connectivity index (χ0v) is 11.4. The summed E-state index contributed by atoms with van der Waals surface area (Å²) in [4.78, 5) is 19.8. The van der Waals surface area contributed by atoms with Gasteiger partial charge in [0.1, 0.15) is 16.2 Å². The maximum Gasteiger partial charge on any atom is 0.222 e. The molecule has 0 bridgehead atoms. The Hall–Kier alpha value is -1.17. The van der Waals surface area contributed by atoms with Crippen LogP contribution in [0, 0.1) is 0 Å². The molecule has 17 heavy (non-hydrogen) atoms. The van der Waals surface area contributed by atoms with Crippen LogP contribution in [0.4, 0.5) is 5.82 Å². The average Bonchev–Trinajstić information content (AvgIpc) is 2.63. The number of carbonyl (C=O) groups is 1. The van der Waals surface area contributed by atoms with Crippen molar-refractivity contribution in [3.63, 3.8) is 0 Å². The summed E-state index contributed by atoms with van der Waals surface area (Å²) in [5, 5.41) is 6.03. The lowest BCUT2D eigenvalue weighted by Crippen LogP contribution is -2.23. The van der Waals surface area contributed by atoms with Gasteiger partial charge in [0.25, 0.3) is 0 Å². The lowest BCUT2D eigenvalue weighted by Gasteiger charge is -2.13. The largest absolute Gasteiger partial charge is 0.365 e. The molecule has 1 fully saturated rings. The van der Waals surface area contributed by atoms with Crippen LogP contribution in [-0.4, -0.2) is 28.5 Å². The highest BCUT2D eigenvalue weighted by molar-refractivity contribution is 9.10. The van der Waals surface area contributed by atoms with Gasteiger partial charge in [0.05, 0.1) is 6.04 Å².